The predicted molar refractivity (Wildman–Crippen MR) is 107 cm³/mol. The van der Waals surface area contributed by atoms with E-state index in [-0.39, 0.29) is 22.1 Å². The van der Waals surface area contributed by atoms with Gasteiger partial charge in [-0.15, -0.1) is 0 Å². The lowest BCUT2D eigenvalue weighted by Gasteiger charge is -2.14. The highest BCUT2D eigenvalue weighted by Gasteiger charge is 2.37. The largest absolute Gasteiger partial charge is 0.416 e. The van der Waals surface area contributed by atoms with Crippen LogP contribution in [0.1, 0.15) is 22.3 Å². The number of benzene rings is 2. The monoisotopic (exact) mass is 494 g/mol. The number of carbonyl (C=O) groups is 1. The van der Waals surface area contributed by atoms with Gasteiger partial charge in [-0.1, -0.05) is 12.1 Å². The van der Waals surface area contributed by atoms with Crippen molar-refractivity contribution in [2.24, 2.45) is 16.6 Å². The molecule has 33 heavy (non-hydrogen) atoms. The molecule has 0 radical (unpaired) electrons. The number of hydrogen-bond donors (Lipinski definition) is 3. The van der Waals surface area contributed by atoms with Gasteiger partial charge in [0.2, 0.25) is 0 Å². The first-order valence-electron chi connectivity index (χ1n) is 8.69. The highest BCUT2D eigenvalue weighted by molar-refractivity contribution is 7.90. The van der Waals surface area contributed by atoms with Gasteiger partial charge in [-0.3, -0.25) is 10.2 Å². The normalized spacial score (nSPS) is 13.7. The molecule has 0 unspecified atom stereocenters. The summed E-state index contributed by atoms with van der Waals surface area (Å²) < 4.78 is 101. The van der Waals surface area contributed by atoms with Crippen LogP contribution in [0.25, 0.3) is 5.57 Å². The van der Waals surface area contributed by atoms with Gasteiger partial charge in [-0.25, -0.2) is 8.42 Å². The lowest BCUT2D eigenvalue weighted by Crippen LogP contribution is -2.21. The summed E-state index contributed by atoms with van der Waals surface area (Å²) in [5, 5.41) is 3.47. The minimum atomic E-state index is -5.07. The minimum absolute atomic E-state index is 0.0321. The Labute approximate surface area is 183 Å². The molecule has 0 fully saturated rings. The molecule has 0 heterocycles. The van der Waals surface area contributed by atoms with Crippen LogP contribution in [0.4, 0.5) is 26.3 Å². The number of sulfone groups is 1. The molecule has 0 aliphatic carbocycles. The molecule has 0 spiro atoms. The molecular formula is C19H16F6N4O3S. The van der Waals surface area contributed by atoms with Crippen LogP contribution in [-0.2, 0) is 27.0 Å². The number of nitrogens with one attached hydrogen (secondary N) is 1. The minimum Gasteiger partial charge on any atom is -0.382 e. The summed E-state index contributed by atoms with van der Waals surface area (Å²) in [5.74, 6) is -1.72. The highest BCUT2D eigenvalue weighted by atomic mass is 32.2. The first-order chi connectivity index (χ1) is 15.0. The van der Waals surface area contributed by atoms with E-state index in [9.17, 15) is 39.6 Å². The van der Waals surface area contributed by atoms with E-state index in [2.05, 4.69) is 10.5 Å². The van der Waals surface area contributed by atoms with E-state index >= 15 is 0 Å². The van der Waals surface area contributed by atoms with Crippen LogP contribution >= 0.6 is 0 Å². The molecule has 7 nitrogen and oxygen atoms in total. The summed E-state index contributed by atoms with van der Waals surface area (Å²) in [5.41, 5.74) is 9.05. The van der Waals surface area contributed by atoms with Gasteiger partial charge in [0.1, 0.15) is 0 Å². The van der Waals surface area contributed by atoms with E-state index in [1.165, 1.54) is 24.3 Å². The molecule has 2 aromatic rings. The Morgan fingerprint density at radius 2 is 1.39 bits per heavy atom. The molecule has 178 valence electrons. The number of hydrogen-bond acceptors (Lipinski definition) is 5. The van der Waals surface area contributed by atoms with E-state index in [4.69, 9.17) is 11.5 Å². The van der Waals surface area contributed by atoms with Crippen LogP contribution in [0.3, 0.4) is 0 Å². The molecule has 0 bridgehead atoms. The van der Waals surface area contributed by atoms with Crippen molar-refractivity contribution in [3.63, 3.8) is 0 Å². The maximum absolute atomic E-state index is 13.0. The third kappa shape index (κ3) is 6.71. The van der Waals surface area contributed by atoms with Crippen LogP contribution in [0.15, 0.2) is 58.7 Å². The smallest absolute Gasteiger partial charge is 0.382 e. The van der Waals surface area contributed by atoms with E-state index in [0.717, 1.165) is 12.5 Å². The maximum atomic E-state index is 13.0. The van der Waals surface area contributed by atoms with E-state index in [1.807, 2.05) is 0 Å². The number of halogens is 6. The predicted octanol–water partition coefficient (Wildman–Crippen LogP) is 2.86. The number of nitrogens with zero attached hydrogens (tertiary/aromatic N) is 1. The third-order valence-electron chi connectivity index (χ3n) is 4.14. The van der Waals surface area contributed by atoms with Gasteiger partial charge in [0.15, 0.2) is 15.7 Å². The second kappa shape index (κ2) is 9.13. The number of amides is 1. The summed E-state index contributed by atoms with van der Waals surface area (Å²) in [7, 11) is -3.50. The summed E-state index contributed by atoms with van der Waals surface area (Å²) in [6.45, 7) is 0. The van der Waals surface area contributed by atoms with Crippen LogP contribution < -0.4 is 16.9 Å². The Morgan fingerprint density at radius 3 is 1.79 bits per heavy atom. The number of amidine groups is 1. The van der Waals surface area contributed by atoms with Crippen LogP contribution in [0.2, 0.25) is 0 Å². The fourth-order valence-corrected chi connectivity index (χ4v) is 3.14. The molecule has 2 aromatic carbocycles. The molecule has 1 amide bonds. The Hall–Kier alpha value is -3.55. The molecule has 0 aromatic heterocycles. The van der Waals surface area contributed by atoms with Crippen LogP contribution in [-0.4, -0.2) is 26.4 Å². The van der Waals surface area contributed by atoms with E-state index in [0.29, 0.717) is 12.1 Å². The number of primary amides is 1. The Kier molecular flexibility index (Phi) is 7.11. The van der Waals surface area contributed by atoms with Gasteiger partial charge in [-0.05, 0) is 35.9 Å². The highest BCUT2D eigenvalue weighted by Crippen LogP contribution is 2.36. The molecule has 2 rings (SSSR count). The summed E-state index contributed by atoms with van der Waals surface area (Å²) in [6.07, 6.45) is -8.26. The maximum Gasteiger partial charge on any atom is 0.416 e. The van der Waals surface area contributed by atoms with Crippen molar-refractivity contribution in [2.45, 2.75) is 17.2 Å². The Balaban J connectivity index is 2.40. The van der Waals surface area contributed by atoms with Crippen molar-refractivity contribution in [1.82, 2.24) is 5.43 Å². The van der Waals surface area contributed by atoms with Crippen molar-refractivity contribution in [1.29, 1.82) is 0 Å². The molecule has 0 saturated carbocycles. The van der Waals surface area contributed by atoms with Crippen LogP contribution in [0, 0.1) is 0 Å². The second-order valence-electron chi connectivity index (χ2n) is 6.64. The number of alkyl halides is 6. The molecule has 0 saturated heterocycles. The zero-order chi connectivity index (χ0) is 25.2. The third-order valence-corrected chi connectivity index (χ3v) is 5.26. The Morgan fingerprint density at radius 1 is 0.909 bits per heavy atom. The molecule has 0 aliphatic rings. The van der Waals surface area contributed by atoms with Gasteiger partial charge in [0.25, 0.3) is 5.91 Å². The first-order valence-corrected chi connectivity index (χ1v) is 10.6. The van der Waals surface area contributed by atoms with Crippen LogP contribution in [0.5, 0.6) is 0 Å². The van der Waals surface area contributed by atoms with Gasteiger partial charge < -0.3 is 11.5 Å². The molecule has 5 N–H and O–H groups in total. The van der Waals surface area contributed by atoms with Crippen molar-refractivity contribution in [2.75, 3.05) is 6.26 Å². The lowest BCUT2D eigenvalue weighted by molar-refractivity contribution is -0.143. The van der Waals surface area contributed by atoms with Crippen molar-refractivity contribution in [3.8, 4) is 0 Å². The zero-order valence-corrected chi connectivity index (χ0v) is 17.4. The fraction of sp³-hybridized carbons (Fsp3) is 0.158. The van der Waals surface area contributed by atoms with Crippen molar-refractivity contribution < 1.29 is 39.6 Å². The van der Waals surface area contributed by atoms with E-state index < -0.39 is 50.6 Å². The molecular weight excluding hydrogens is 478 g/mol. The molecule has 0 atom stereocenters. The molecule has 14 heteroatoms. The average molecular weight is 494 g/mol. The topological polar surface area (TPSA) is 128 Å². The fourth-order valence-electron chi connectivity index (χ4n) is 2.51. The standard InChI is InChI=1S/C19H16F6N4O3S/c1-33(31,32)14-4-2-10(3-5-14)15(17(27)30)9-28-29-16(26)11-6-12(18(20,21)22)8-13(7-11)19(23,24)25/h2-9,28H,1H3,(H2,26,29)(H2,27,30)/b15-9+. The van der Waals surface area contributed by atoms with Gasteiger partial charge in [0.05, 0.1) is 21.6 Å². The van der Waals surface area contributed by atoms with Gasteiger partial charge in [0, 0.05) is 18.0 Å². The number of nitrogens with two attached hydrogens (primary N) is 2. The van der Waals surface area contributed by atoms with Crippen molar-refractivity contribution in [3.05, 3.63) is 70.9 Å². The van der Waals surface area contributed by atoms with E-state index in [1.54, 1.807) is 0 Å². The summed E-state index contributed by atoms with van der Waals surface area (Å²) >= 11 is 0. The number of hydrazone groups is 1. The molecule has 0 aliphatic heterocycles. The van der Waals surface area contributed by atoms with Gasteiger partial charge >= 0.3 is 12.4 Å². The summed E-state index contributed by atoms with van der Waals surface area (Å²) in [4.78, 5) is 11.7. The SMILES string of the molecule is CS(=O)(=O)c1ccc(/C(=C\N/N=C(\N)c2cc(C(F)(F)F)cc(C(F)(F)F)c2)C(N)=O)cc1. The second-order valence-corrected chi connectivity index (χ2v) is 8.66. The quantitative estimate of drug-likeness (QED) is 0.187. The number of carbonyl (C=O) groups excluding carboxylic acids is 1. The first kappa shape index (κ1) is 25.7. The lowest BCUT2D eigenvalue weighted by atomic mass is 10.0. The summed E-state index contributed by atoms with van der Waals surface area (Å²) in [6, 6.07) is 5.67. The van der Waals surface area contributed by atoms with Crippen molar-refractivity contribution >= 4 is 27.2 Å². The Bertz CT molecular complexity index is 1190. The zero-order valence-electron chi connectivity index (χ0n) is 16.6. The number of rotatable bonds is 6. The van der Waals surface area contributed by atoms with Gasteiger partial charge in [-0.2, -0.15) is 31.4 Å². The average Bonchev–Trinajstić information content (AvgIpc) is 2.68.